The number of carbonyl (C=O) groups is 2. The minimum Gasteiger partial charge on any atom is -0.497 e. The summed E-state index contributed by atoms with van der Waals surface area (Å²) in [5.74, 6) is -2.67. The molecule has 7 heteroatoms. The molecule has 1 aliphatic heterocycles. The SMILES string of the molecule is COc1ccc(C2=C(Nc3cccc(C)c3C)C(=O)N(c3ccc(F)cc3F)C2=O)cc1. The van der Waals surface area contributed by atoms with E-state index in [-0.39, 0.29) is 17.0 Å². The number of imide groups is 1. The Bertz CT molecular complexity index is 1270. The quantitative estimate of drug-likeness (QED) is 0.575. The number of nitrogens with zero attached hydrogens (tertiary/aromatic N) is 1. The van der Waals surface area contributed by atoms with Gasteiger partial charge in [0.1, 0.15) is 23.1 Å². The molecule has 0 aliphatic carbocycles. The van der Waals surface area contributed by atoms with E-state index in [9.17, 15) is 18.4 Å². The zero-order chi connectivity index (χ0) is 23.0. The summed E-state index contributed by atoms with van der Waals surface area (Å²) in [5, 5.41) is 3.08. The number of methoxy groups -OCH3 is 1. The number of benzene rings is 3. The summed E-state index contributed by atoms with van der Waals surface area (Å²) in [4.78, 5) is 27.5. The minimum absolute atomic E-state index is 0.0117. The second kappa shape index (κ2) is 8.26. The van der Waals surface area contributed by atoms with Crippen LogP contribution in [-0.2, 0) is 9.59 Å². The van der Waals surface area contributed by atoms with Crippen LogP contribution in [0.4, 0.5) is 20.2 Å². The average molecular weight is 434 g/mol. The van der Waals surface area contributed by atoms with Gasteiger partial charge in [-0.1, -0.05) is 24.3 Å². The highest BCUT2D eigenvalue weighted by atomic mass is 19.1. The fourth-order valence-electron chi connectivity index (χ4n) is 3.57. The van der Waals surface area contributed by atoms with E-state index in [4.69, 9.17) is 4.74 Å². The van der Waals surface area contributed by atoms with E-state index in [2.05, 4.69) is 5.32 Å². The number of ether oxygens (including phenoxy) is 1. The summed E-state index contributed by atoms with van der Waals surface area (Å²) in [6.07, 6.45) is 0. The fourth-order valence-corrected chi connectivity index (χ4v) is 3.57. The number of nitrogens with one attached hydrogen (secondary N) is 1. The lowest BCUT2D eigenvalue weighted by atomic mass is 10.0. The van der Waals surface area contributed by atoms with Crippen LogP contribution in [0.2, 0.25) is 0 Å². The molecule has 162 valence electrons. The third kappa shape index (κ3) is 3.62. The molecule has 1 N–H and O–H groups in total. The van der Waals surface area contributed by atoms with Gasteiger partial charge in [-0.25, -0.2) is 13.7 Å². The van der Waals surface area contributed by atoms with Gasteiger partial charge in [0, 0.05) is 11.8 Å². The van der Waals surface area contributed by atoms with Gasteiger partial charge in [-0.15, -0.1) is 0 Å². The first kappa shape index (κ1) is 21.2. The van der Waals surface area contributed by atoms with Crippen molar-refractivity contribution in [2.75, 3.05) is 17.3 Å². The van der Waals surface area contributed by atoms with Gasteiger partial charge in [0.05, 0.1) is 18.4 Å². The number of halogens is 2. The monoisotopic (exact) mass is 434 g/mol. The van der Waals surface area contributed by atoms with Crippen LogP contribution in [0.3, 0.4) is 0 Å². The molecule has 0 radical (unpaired) electrons. The van der Waals surface area contributed by atoms with Crippen LogP contribution < -0.4 is 15.0 Å². The smallest absolute Gasteiger partial charge is 0.282 e. The second-order valence-electron chi connectivity index (χ2n) is 7.39. The first-order chi connectivity index (χ1) is 15.3. The Morgan fingerprint density at radius 1 is 0.906 bits per heavy atom. The van der Waals surface area contributed by atoms with Crippen LogP contribution in [-0.4, -0.2) is 18.9 Å². The zero-order valence-corrected chi connectivity index (χ0v) is 17.7. The summed E-state index contributed by atoms with van der Waals surface area (Å²) in [7, 11) is 1.52. The molecule has 0 aromatic heterocycles. The van der Waals surface area contributed by atoms with Crippen molar-refractivity contribution in [2.24, 2.45) is 0 Å². The molecule has 0 saturated heterocycles. The lowest BCUT2D eigenvalue weighted by Crippen LogP contribution is -2.33. The molecular weight excluding hydrogens is 414 g/mol. The van der Waals surface area contributed by atoms with Gasteiger partial charge in [-0.05, 0) is 60.9 Å². The van der Waals surface area contributed by atoms with Crippen LogP contribution in [0.5, 0.6) is 5.75 Å². The molecule has 3 aromatic carbocycles. The van der Waals surface area contributed by atoms with Crippen LogP contribution in [0, 0.1) is 25.5 Å². The summed E-state index contributed by atoms with van der Waals surface area (Å²) in [5.41, 5.74) is 2.79. The van der Waals surface area contributed by atoms with Crippen LogP contribution in [0.25, 0.3) is 5.57 Å². The van der Waals surface area contributed by atoms with Crippen LogP contribution in [0.1, 0.15) is 16.7 Å². The Balaban J connectivity index is 1.86. The van der Waals surface area contributed by atoms with Crippen molar-refractivity contribution < 1.29 is 23.1 Å². The number of amides is 2. The molecule has 4 rings (SSSR count). The normalized spacial score (nSPS) is 13.7. The van der Waals surface area contributed by atoms with Gasteiger partial charge in [0.25, 0.3) is 11.8 Å². The predicted octanol–water partition coefficient (Wildman–Crippen LogP) is 4.99. The second-order valence-corrected chi connectivity index (χ2v) is 7.39. The highest BCUT2D eigenvalue weighted by Gasteiger charge is 2.41. The Morgan fingerprint density at radius 2 is 1.62 bits per heavy atom. The maximum Gasteiger partial charge on any atom is 0.282 e. The predicted molar refractivity (Wildman–Crippen MR) is 118 cm³/mol. The summed E-state index contributed by atoms with van der Waals surface area (Å²) >= 11 is 0. The van der Waals surface area contributed by atoms with Gasteiger partial charge in [-0.3, -0.25) is 9.59 Å². The van der Waals surface area contributed by atoms with E-state index in [0.29, 0.717) is 23.1 Å². The van der Waals surface area contributed by atoms with Crippen LogP contribution >= 0.6 is 0 Å². The van der Waals surface area contributed by atoms with Gasteiger partial charge < -0.3 is 10.1 Å². The topological polar surface area (TPSA) is 58.6 Å². The number of carbonyl (C=O) groups excluding carboxylic acids is 2. The number of anilines is 2. The number of rotatable bonds is 5. The summed E-state index contributed by atoms with van der Waals surface area (Å²) in [6.45, 7) is 3.82. The van der Waals surface area contributed by atoms with Crippen LogP contribution in [0.15, 0.2) is 66.4 Å². The van der Waals surface area contributed by atoms with E-state index in [0.717, 1.165) is 28.2 Å². The number of hydrogen-bond acceptors (Lipinski definition) is 4. The molecule has 3 aromatic rings. The zero-order valence-electron chi connectivity index (χ0n) is 17.7. The maximum atomic E-state index is 14.5. The Kier molecular flexibility index (Phi) is 5.48. The summed E-state index contributed by atoms with van der Waals surface area (Å²) in [6, 6.07) is 14.9. The van der Waals surface area contributed by atoms with Crippen molar-refractivity contribution in [1.29, 1.82) is 0 Å². The highest BCUT2D eigenvalue weighted by Crippen LogP contribution is 2.36. The molecule has 2 amide bonds. The van der Waals surface area contributed by atoms with E-state index < -0.39 is 23.4 Å². The van der Waals surface area contributed by atoms with E-state index in [1.807, 2.05) is 26.0 Å². The first-order valence-corrected chi connectivity index (χ1v) is 9.87. The molecular formula is C25H20F2N2O3. The van der Waals surface area contributed by atoms with Gasteiger partial charge in [0.2, 0.25) is 0 Å². The molecule has 32 heavy (non-hydrogen) atoms. The Morgan fingerprint density at radius 3 is 2.28 bits per heavy atom. The number of hydrogen-bond donors (Lipinski definition) is 1. The van der Waals surface area contributed by atoms with Crippen molar-refractivity contribution in [3.05, 3.63) is 94.7 Å². The lowest BCUT2D eigenvalue weighted by molar-refractivity contribution is -0.120. The molecule has 0 fully saturated rings. The Hall–Kier alpha value is -4.00. The van der Waals surface area contributed by atoms with Crippen molar-refractivity contribution in [2.45, 2.75) is 13.8 Å². The largest absolute Gasteiger partial charge is 0.497 e. The number of aryl methyl sites for hydroxylation is 1. The fraction of sp³-hybridized carbons (Fsp3) is 0.120. The molecule has 0 unspecified atom stereocenters. The van der Waals surface area contributed by atoms with E-state index >= 15 is 0 Å². The van der Waals surface area contributed by atoms with E-state index in [1.165, 1.54) is 7.11 Å². The van der Waals surface area contributed by atoms with Crippen molar-refractivity contribution in [3.63, 3.8) is 0 Å². The molecule has 0 spiro atoms. The Labute approximate surface area is 183 Å². The van der Waals surface area contributed by atoms with E-state index in [1.54, 1.807) is 30.3 Å². The third-order valence-corrected chi connectivity index (χ3v) is 5.48. The van der Waals surface area contributed by atoms with Crippen molar-refractivity contribution in [3.8, 4) is 5.75 Å². The van der Waals surface area contributed by atoms with Crippen molar-refractivity contribution >= 4 is 28.8 Å². The van der Waals surface area contributed by atoms with Crippen molar-refractivity contribution in [1.82, 2.24) is 0 Å². The molecule has 0 atom stereocenters. The molecule has 1 aliphatic rings. The standard InChI is InChI=1S/C25H20F2N2O3/c1-14-5-4-6-20(15(14)2)28-23-22(16-7-10-18(32-3)11-8-16)24(30)29(25(23)31)21-12-9-17(26)13-19(21)27/h4-13,28H,1-3H3. The highest BCUT2D eigenvalue weighted by molar-refractivity contribution is 6.46. The molecule has 0 saturated carbocycles. The summed E-state index contributed by atoms with van der Waals surface area (Å²) < 4.78 is 33.1. The first-order valence-electron chi connectivity index (χ1n) is 9.87. The third-order valence-electron chi connectivity index (χ3n) is 5.48. The lowest BCUT2D eigenvalue weighted by Gasteiger charge is -2.16. The molecule has 0 bridgehead atoms. The maximum absolute atomic E-state index is 14.5. The average Bonchev–Trinajstić information content (AvgIpc) is 3.01. The molecule has 5 nitrogen and oxygen atoms in total. The molecule has 1 heterocycles. The minimum atomic E-state index is -1.01. The van der Waals surface area contributed by atoms with Gasteiger partial charge in [-0.2, -0.15) is 0 Å². The van der Waals surface area contributed by atoms with Gasteiger partial charge in [0.15, 0.2) is 0 Å². The van der Waals surface area contributed by atoms with Gasteiger partial charge >= 0.3 is 0 Å².